The third-order valence-corrected chi connectivity index (χ3v) is 7.54. The molecular formula is C43H58N2O4. The Morgan fingerprint density at radius 3 is 1.33 bits per heavy atom. The molecule has 4 aromatic rings. The van der Waals surface area contributed by atoms with Gasteiger partial charge in [-0.3, -0.25) is 19.2 Å². The standard InChI is InChI=1S/C35H34N2O4.4C2H6/c1-20-11-7-15-26(24(20)5)31(39)19-30-21(2)12-8-17-28(30)34(40)37-33-23(4)14-10-18-29(33)35(41)36-32-22(3)13-9-16-27(32)25(6)38;4*1-2/h7-18H,19H2,1-6H3,(H,36,41)(H,37,40);4*1-2H3. The van der Waals surface area contributed by atoms with Gasteiger partial charge in [0.1, 0.15) is 0 Å². The van der Waals surface area contributed by atoms with Crippen LogP contribution in [0.15, 0.2) is 72.8 Å². The van der Waals surface area contributed by atoms with E-state index in [2.05, 4.69) is 10.6 Å². The molecule has 0 fully saturated rings. The second-order valence-electron chi connectivity index (χ2n) is 10.4. The number of para-hydroxylation sites is 2. The zero-order valence-corrected chi connectivity index (χ0v) is 32.3. The first kappa shape index (κ1) is 44.2. The maximum absolute atomic E-state index is 13.7. The Bertz CT molecular complexity index is 1700. The van der Waals surface area contributed by atoms with Crippen molar-refractivity contribution in [2.75, 3.05) is 10.6 Å². The minimum atomic E-state index is -0.449. The highest BCUT2D eigenvalue weighted by Gasteiger charge is 2.22. The molecule has 0 spiro atoms. The average molecular weight is 667 g/mol. The number of carbonyl (C=O) groups is 4. The average Bonchev–Trinajstić information content (AvgIpc) is 3.11. The van der Waals surface area contributed by atoms with Gasteiger partial charge in [-0.1, -0.05) is 110 Å². The second kappa shape index (κ2) is 22.7. The van der Waals surface area contributed by atoms with Crippen LogP contribution in [-0.4, -0.2) is 23.4 Å². The molecule has 6 heteroatoms. The number of benzene rings is 4. The summed E-state index contributed by atoms with van der Waals surface area (Å²) in [5.74, 6) is -1.09. The van der Waals surface area contributed by atoms with Crippen LogP contribution < -0.4 is 10.6 Å². The fourth-order valence-electron chi connectivity index (χ4n) is 4.97. The monoisotopic (exact) mass is 666 g/mol. The minimum absolute atomic E-state index is 0.0648. The third-order valence-electron chi connectivity index (χ3n) is 7.54. The smallest absolute Gasteiger partial charge is 0.257 e. The van der Waals surface area contributed by atoms with Crippen molar-refractivity contribution in [3.05, 3.63) is 128 Å². The Labute approximate surface area is 295 Å². The third kappa shape index (κ3) is 11.7. The van der Waals surface area contributed by atoms with E-state index in [9.17, 15) is 19.2 Å². The quantitative estimate of drug-likeness (QED) is 0.183. The number of hydrogen-bond acceptors (Lipinski definition) is 4. The predicted octanol–water partition coefficient (Wildman–Crippen LogP) is 11.5. The van der Waals surface area contributed by atoms with Crippen molar-refractivity contribution < 1.29 is 19.2 Å². The number of anilines is 2. The molecule has 0 saturated carbocycles. The van der Waals surface area contributed by atoms with Gasteiger partial charge < -0.3 is 10.6 Å². The van der Waals surface area contributed by atoms with Crippen LogP contribution in [0.3, 0.4) is 0 Å². The number of ketones is 2. The van der Waals surface area contributed by atoms with Crippen molar-refractivity contribution in [3.63, 3.8) is 0 Å². The van der Waals surface area contributed by atoms with Gasteiger partial charge in [-0.2, -0.15) is 0 Å². The van der Waals surface area contributed by atoms with Gasteiger partial charge in [-0.05, 0) is 93.1 Å². The first-order chi connectivity index (χ1) is 23.5. The molecule has 0 aromatic heterocycles. The fraction of sp³-hybridized carbons (Fsp3) is 0.349. The number of aryl methyl sites for hydroxylation is 4. The molecule has 49 heavy (non-hydrogen) atoms. The Morgan fingerprint density at radius 2 is 0.837 bits per heavy atom. The first-order valence-corrected chi connectivity index (χ1v) is 17.5. The van der Waals surface area contributed by atoms with E-state index in [4.69, 9.17) is 0 Å². The van der Waals surface area contributed by atoms with Crippen LogP contribution in [0.5, 0.6) is 0 Å². The van der Waals surface area contributed by atoms with Crippen LogP contribution in [0.25, 0.3) is 0 Å². The second-order valence-corrected chi connectivity index (χ2v) is 10.4. The van der Waals surface area contributed by atoms with Gasteiger partial charge in [0.05, 0.1) is 16.9 Å². The highest BCUT2D eigenvalue weighted by atomic mass is 16.2. The van der Waals surface area contributed by atoms with Crippen LogP contribution in [0.1, 0.15) is 137 Å². The van der Waals surface area contributed by atoms with Gasteiger partial charge in [0.25, 0.3) is 11.8 Å². The van der Waals surface area contributed by atoms with E-state index in [0.29, 0.717) is 39.2 Å². The highest BCUT2D eigenvalue weighted by molar-refractivity contribution is 6.15. The summed E-state index contributed by atoms with van der Waals surface area (Å²) in [6.45, 7) is 26.9. The van der Waals surface area contributed by atoms with Crippen molar-refractivity contribution in [1.29, 1.82) is 0 Å². The van der Waals surface area contributed by atoms with E-state index >= 15 is 0 Å². The summed E-state index contributed by atoms with van der Waals surface area (Å²) in [4.78, 5) is 52.7. The van der Waals surface area contributed by atoms with Crippen molar-refractivity contribution in [2.24, 2.45) is 0 Å². The summed E-state index contributed by atoms with van der Waals surface area (Å²) in [6, 6.07) is 21.4. The Kier molecular flexibility index (Phi) is 20.4. The van der Waals surface area contributed by atoms with E-state index < -0.39 is 11.8 Å². The van der Waals surface area contributed by atoms with Crippen LogP contribution >= 0.6 is 0 Å². The Hall–Kier alpha value is -4.84. The summed E-state index contributed by atoms with van der Waals surface area (Å²) in [6.07, 6.45) is 0.0714. The van der Waals surface area contributed by atoms with Gasteiger partial charge in [-0.25, -0.2) is 0 Å². The summed E-state index contributed by atoms with van der Waals surface area (Å²) < 4.78 is 0. The van der Waals surface area contributed by atoms with Crippen molar-refractivity contribution in [3.8, 4) is 0 Å². The number of amides is 2. The molecule has 6 nitrogen and oxygen atoms in total. The lowest BCUT2D eigenvalue weighted by Gasteiger charge is -2.18. The number of Topliss-reactive ketones (excluding diaryl/α,β-unsaturated/α-hetero) is 2. The zero-order chi connectivity index (χ0) is 37.8. The van der Waals surface area contributed by atoms with Crippen LogP contribution in [0, 0.1) is 34.6 Å². The Balaban J connectivity index is 0.00000268. The number of carbonyl (C=O) groups excluding carboxylic acids is 4. The normalized spacial score (nSPS) is 9.43. The molecule has 4 aromatic carbocycles. The van der Waals surface area contributed by atoms with Gasteiger partial charge in [0.15, 0.2) is 11.6 Å². The molecule has 0 heterocycles. The molecule has 0 aliphatic rings. The minimum Gasteiger partial charge on any atom is -0.321 e. The molecule has 0 atom stereocenters. The lowest BCUT2D eigenvalue weighted by atomic mass is 9.92. The van der Waals surface area contributed by atoms with E-state index in [1.165, 1.54) is 6.92 Å². The summed E-state index contributed by atoms with van der Waals surface area (Å²) in [5.41, 5.74) is 7.36. The summed E-state index contributed by atoms with van der Waals surface area (Å²) >= 11 is 0. The van der Waals surface area contributed by atoms with Crippen LogP contribution in [-0.2, 0) is 6.42 Å². The predicted molar refractivity (Wildman–Crippen MR) is 209 cm³/mol. The fourth-order valence-corrected chi connectivity index (χ4v) is 4.97. The molecular weight excluding hydrogens is 608 g/mol. The molecule has 2 N–H and O–H groups in total. The SMILES string of the molecule is CC.CC.CC.CC.CC(=O)c1cccc(C)c1NC(=O)c1cccc(C)c1NC(=O)c1cccc(C)c1CC(=O)c1cccc(C)c1C. The van der Waals surface area contributed by atoms with Gasteiger partial charge in [-0.15, -0.1) is 0 Å². The molecule has 0 saturated heterocycles. The number of nitrogens with one attached hydrogen (secondary N) is 2. The van der Waals surface area contributed by atoms with E-state index in [-0.39, 0.29) is 23.6 Å². The van der Waals surface area contributed by atoms with Gasteiger partial charge >= 0.3 is 0 Å². The number of rotatable bonds is 8. The Morgan fingerprint density at radius 1 is 0.469 bits per heavy atom. The molecule has 2 amide bonds. The number of hydrogen-bond donors (Lipinski definition) is 2. The van der Waals surface area contributed by atoms with Gasteiger partial charge in [0.2, 0.25) is 0 Å². The molecule has 0 bridgehead atoms. The van der Waals surface area contributed by atoms with Crippen molar-refractivity contribution in [1.82, 2.24) is 0 Å². The first-order valence-electron chi connectivity index (χ1n) is 17.5. The lowest BCUT2D eigenvalue weighted by Crippen LogP contribution is -2.22. The van der Waals surface area contributed by atoms with Crippen molar-refractivity contribution >= 4 is 34.8 Å². The molecule has 0 unspecified atom stereocenters. The highest BCUT2D eigenvalue weighted by Crippen LogP contribution is 2.27. The van der Waals surface area contributed by atoms with Crippen LogP contribution in [0.2, 0.25) is 0 Å². The molecule has 0 radical (unpaired) electrons. The van der Waals surface area contributed by atoms with Gasteiger partial charge in [0, 0.05) is 23.1 Å². The topological polar surface area (TPSA) is 92.3 Å². The van der Waals surface area contributed by atoms with Crippen LogP contribution in [0.4, 0.5) is 11.4 Å². The molecule has 0 aliphatic carbocycles. The molecule has 264 valence electrons. The molecule has 0 aliphatic heterocycles. The zero-order valence-electron chi connectivity index (χ0n) is 32.3. The van der Waals surface area contributed by atoms with E-state index in [0.717, 1.165) is 22.3 Å². The summed E-state index contributed by atoms with van der Waals surface area (Å²) in [5, 5.41) is 5.81. The summed E-state index contributed by atoms with van der Waals surface area (Å²) in [7, 11) is 0. The van der Waals surface area contributed by atoms with E-state index in [1.807, 2.05) is 126 Å². The van der Waals surface area contributed by atoms with Crippen molar-refractivity contribution in [2.45, 2.75) is 103 Å². The largest absolute Gasteiger partial charge is 0.321 e. The lowest BCUT2D eigenvalue weighted by molar-refractivity contribution is 0.0986. The maximum Gasteiger partial charge on any atom is 0.257 e. The van der Waals surface area contributed by atoms with E-state index in [1.54, 1.807) is 36.4 Å². The maximum atomic E-state index is 13.7. The molecule has 4 rings (SSSR count).